The molecule has 0 spiro atoms. The Morgan fingerprint density at radius 2 is 2.35 bits per heavy atom. The summed E-state index contributed by atoms with van der Waals surface area (Å²) < 4.78 is 3.46. The zero-order valence-corrected chi connectivity index (χ0v) is 13.4. The van der Waals surface area contributed by atoms with E-state index in [1.165, 1.54) is 0 Å². The number of aliphatic hydroxyl groups is 1. The highest BCUT2D eigenvalue weighted by atomic mass is 16.3. The number of fused-ring (bicyclic) bond motifs is 1. The largest absolute Gasteiger partial charge is 0.394 e. The van der Waals surface area contributed by atoms with E-state index in [2.05, 4.69) is 20.8 Å². The molecule has 8 heteroatoms. The third-order valence-electron chi connectivity index (χ3n) is 4.12. The fourth-order valence-electron chi connectivity index (χ4n) is 3.09. The fraction of sp³-hybridized carbons (Fsp3) is 0.533. The number of amides is 2. The van der Waals surface area contributed by atoms with Crippen LogP contribution in [0.25, 0.3) is 0 Å². The van der Waals surface area contributed by atoms with Gasteiger partial charge in [-0.15, -0.1) is 0 Å². The van der Waals surface area contributed by atoms with E-state index in [9.17, 15) is 4.79 Å². The van der Waals surface area contributed by atoms with Crippen molar-refractivity contribution >= 4 is 11.8 Å². The van der Waals surface area contributed by atoms with Gasteiger partial charge in [0.2, 0.25) is 0 Å². The standard InChI is InChI=1S/C15H22N6O2/c1-10-8-14(20(2)19-10)18-15(23)17-12-4-3-5-13-11(12)9-16-21(13)6-7-22/h8-9,12,22H,3-7H2,1-2H3,(H2,17,18,23). The number of aryl methyl sites for hydroxylation is 2. The van der Waals surface area contributed by atoms with Crippen LogP contribution in [0.3, 0.4) is 0 Å². The summed E-state index contributed by atoms with van der Waals surface area (Å²) in [6.45, 7) is 2.43. The van der Waals surface area contributed by atoms with E-state index in [-0.39, 0.29) is 18.7 Å². The third kappa shape index (κ3) is 3.21. The Morgan fingerprint density at radius 1 is 1.52 bits per heavy atom. The van der Waals surface area contributed by atoms with Crippen LogP contribution in [0.4, 0.5) is 10.6 Å². The van der Waals surface area contributed by atoms with E-state index in [0.717, 1.165) is 36.2 Å². The average molecular weight is 318 g/mol. The number of aliphatic hydroxyl groups excluding tert-OH is 1. The molecule has 0 saturated heterocycles. The number of nitrogens with one attached hydrogen (secondary N) is 2. The minimum absolute atomic E-state index is 0.0551. The Hall–Kier alpha value is -2.35. The molecule has 2 aromatic rings. The van der Waals surface area contributed by atoms with Gasteiger partial charge in [0, 0.05) is 24.4 Å². The lowest BCUT2D eigenvalue weighted by molar-refractivity contribution is 0.246. The lowest BCUT2D eigenvalue weighted by Crippen LogP contribution is -2.34. The maximum absolute atomic E-state index is 12.3. The van der Waals surface area contributed by atoms with Gasteiger partial charge < -0.3 is 10.4 Å². The minimum atomic E-state index is -0.249. The number of aromatic nitrogens is 4. The Morgan fingerprint density at radius 3 is 3.04 bits per heavy atom. The monoisotopic (exact) mass is 318 g/mol. The van der Waals surface area contributed by atoms with Gasteiger partial charge in [-0.2, -0.15) is 10.2 Å². The van der Waals surface area contributed by atoms with Gasteiger partial charge >= 0.3 is 6.03 Å². The molecule has 0 aromatic carbocycles. The maximum Gasteiger partial charge on any atom is 0.320 e. The predicted molar refractivity (Wildman–Crippen MR) is 85.1 cm³/mol. The molecule has 2 heterocycles. The quantitative estimate of drug-likeness (QED) is 0.787. The van der Waals surface area contributed by atoms with E-state index in [1.807, 2.05) is 17.7 Å². The number of nitrogens with zero attached hydrogens (tertiary/aromatic N) is 4. The second-order valence-corrected chi connectivity index (χ2v) is 5.83. The molecule has 0 radical (unpaired) electrons. The first-order chi connectivity index (χ1) is 11.1. The lowest BCUT2D eigenvalue weighted by atomic mass is 9.93. The van der Waals surface area contributed by atoms with Crippen molar-refractivity contribution in [1.82, 2.24) is 24.9 Å². The molecule has 1 aliphatic rings. The molecule has 0 saturated carbocycles. The van der Waals surface area contributed by atoms with Crippen LogP contribution in [0, 0.1) is 6.92 Å². The van der Waals surface area contributed by atoms with E-state index >= 15 is 0 Å². The Bertz CT molecular complexity index is 705. The first-order valence-electron chi connectivity index (χ1n) is 7.82. The molecule has 0 bridgehead atoms. The van der Waals surface area contributed by atoms with Crippen molar-refractivity contribution in [3.8, 4) is 0 Å². The van der Waals surface area contributed by atoms with Gasteiger partial charge in [0.1, 0.15) is 5.82 Å². The van der Waals surface area contributed by atoms with Gasteiger partial charge in [0.05, 0.1) is 31.1 Å². The van der Waals surface area contributed by atoms with E-state index < -0.39 is 0 Å². The van der Waals surface area contributed by atoms with Crippen molar-refractivity contribution in [2.24, 2.45) is 7.05 Å². The van der Waals surface area contributed by atoms with Gasteiger partial charge in [-0.05, 0) is 26.2 Å². The predicted octanol–water partition coefficient (Wildman–Crippen LogP) is 1.12. The van der Waals surface area contributed by atoms with Crippen molar-refractivity contribution < 1.29 is 9.90 Å². The Kier molecular flexibility index (Phi) is 4.33. The molecular formula is C15H22N6O2. The molecule has 0 fully saturated rings. The molecule has 8 nitrogen and oxygen atoms in total. The molecule has 1 aliphatic carbocycles. The number of hydrogen-bond acceptors (Lipinski definition) is 4. The van der Waals surface area contributed by atoms with E-state index in [4.69, 9.17) is 5.11 Å². The molecule has 3 rings (SSSR count). The maximum atomic E-state index is 12.3. The summed E-state index contributed by atoms with van der Waals surface area (Å²) in [5.74, 6) is 0.659. The van der Waals surface area contributed by atoms with Crippen molar-refractivity contribution in [3.63, 3.8) is 0 Å². The van der Waals surface area contributed by atoms with Crippen LogP contribution in [0.2, 0.25) is 0 Å². The van der Waals surface area contributed by atoms with Gasteiger partial charge in [-0.25, -0.2) is 4.79 Å². The number of rotatable bonds is 4. The highest BCUT2D eigenvalue weighted by Gasteiger charge is 2.25. The third-order valence-corrected chi connectivity index (χ3v) is 4.12. The summed E-state index contributed by atoms with van der Waals surface area (Å²) >= 11 is 0. The molecule has 1 atom stereocenters. The fourth-order valence-corrected chi connectivity index (χ4v) is 3.09. The number of urea groups is 1. The van der Waals surface area contributed by atoms with Crippen LogP contribution >= 0.6 is 0 Å². The van der Waals surface area contributed by atoms with Gasteiger partial charge in [-0.1, -0.05) is 0 Å². The highest BCUT2D eigenvalue weighted by Crippen LogP contribution is 2.29. The molecule has 1 unspecified atom stereocenters. The topological polar surface area (TPSA) is 97.0 Å². The van der Waals surface area contributed by atoms with Crippen LogP contribution in [0.1, 0.15) is 35.8 Å². The lowest BCUT2D eigenvalue weighted by Gasteiger charge is -2.24. The zero-order chi connectivity index (χ0) is 16.4. The Labute approximate surface area is 134 Å². The van der Waals surface area contributed by atoms with Crippen molar-refractivity contribution in [2.45, 2.75) is 38.8 Å². The smallest absolute Gasteiger partial charge is 0.320 e. The number of carbonyl (C=O) groups is 1. The van der Waals surface area contributed by atoms with Crippen LogP contribution in [-0.4, -0.2) is 37.3 Å². The molecule has 124 valence electrons. The first-order valence-corrected chi connectivity index (χ1v) is 7.82. The molecule has 0 aliphatic heterocycles. The molecule has 2 aromatic heterocycles. The van der Waals surface area contributed by atoms with Crippen LogP contribution < -0.4 is 10.6 Å². The van der Waals surface area contributed by atoms with Gasteiger partial charge in [-0.3, -0.25) is 14.7 Å². The van der Waals surface area contributed by atoms with Crippen molar-refractivity contribution in [3.05, 3.63) is 29.2 Å². The summed E-state index contributed by atoms with van der Waals surface area (Å²) in [4.78, 5) is 12.3. The first kappa shape index (κ1) is 15.5. The average Bonchev–Trinajstić information content (AvgIpc) is 3.04. The second kappa shape index (κ2) is 6.41. The molecule has 23 heavy (non-hydrogen) atoms. The SMILES string of the molecule is Cc1cc(NC(=O)NC2CCCc3c2cnn3CCO)n(C)n1. The summed E-state index contributed by atoms with van der Waals surface area (Å²) in [6, 6.07) is 1.52. The van der Waals surface area contributed by atoms with Gasteiger partial charge in [0.25, 0.3) is 0 Å². The Balaban J connectivity index is 1.69. The molecule has 3 N–H and O–H groups in total. The van der Waals surface area contributed by atoms with E-state index in [0.29, 0.717) is 12.4 Å². The zero-order valence-electron chi connectivity index (χ0n) is 13.4. The van der Waals surface area contributed by atoms with Gasteiger partial charge in [0.15, 0.2) is 0 Å². The molecular weight excluding hydrogens is 296 g/mol. The number of anilines is 1. The molecule has 2 amide bonds. The summed E-state index contributed by atoms with van der Waals surface area (Å²) in [6.07, 6.45) is 4.59. The minimum Gasteiger partial charge on any atom is -0.394 e. The van der Waals surface area contributed by atoms with E-state index in [1.54, 1.807) is 17.9 Å². The summed E-state index contributed by atoms with van der Waals surface area (Å²) in [5, 5.41) is 23.5. The second-order valence-electron chi connectivity index (χ2n) is 5.83. The number of carbonyl (C=O) groups excluding carboxylic acids is 1. The van der Waals surface area contributed by atoms with Crippen LogP contribution in [-0.2, 0) is 20.0 Å². The normalized spacial score (nSPS) is 16.9. The van der Waals surface area contributed by atoms with Crippen molar-refractivity contribution in [2.75, 3.05) is 11.9 Å². The van der Waals surface area contributed by atoms with Crippen LogP contribution in [0.15, 0.2) is 12.3 Å². The summed E-state index contributed by atoms with van der Waals surface area (Å²) in [7, 11) is 1.79. The van der Waals surface area contributed by atoms with Crippen LogP contribution in [0.5, 0.6) is 0 Å². The van der Waals surface area contributed by atoms with Crippen molar-refractivity contribution in [1.29, 1.82) is 0 Å². The highest BCUT2D eigenvalue weighted by molar-refractivity contribution is 5.88. The number of hydrogen-bond donors (Lipinski definition) is 3. The summed E-state index contributed by atoms with van der Waals surface area (Å²) in [5.41, 5.74) is 3.00.